The fraction of sp³-hybridized carbons (Fsp3) is 0.333. The summed E-state index contributed by atoms with van der Waals surface area (Å²) in [6.45, 7) is 9.11. The molecular formula is C12H16FN. The Kier molecular flexibility index (Phi) is 3.84. The normalized spacial score (nSPS) is 10.2. The second-order valence-corrected chi connectivity index (χ2v) is 3.64. The summed E-state index contributed by atoms with van der Waals surface area (Å²) in [6, 6.07) is 5.17. The van der Waals surface area contributed by atoms with Crippen LogP contribution in [-0.4, -0.2) is 6.54 Å². The van der Waals surface area contributed by atoms with E-state index in [1.165, 1.54) is 6.07 Å². The predicted molar refractivity (Wildman–Crippen MR) is 57.7 cm³/mol. The van der Waals surface area contributed by atoms with Gasteiger partial charge >= 0.3 is 0 Å². The number of hydrogen-bond donors (Lipinski definition) is 1. The molecule has 0 aromatic heterocycles. The van der Waals surface area contributed by atoms with Crippen molar-refractivity contribution in [2.24, 2.45) is 0 Å². The summed E-state index contributed by atoms with van der Waals surface area (Å²) >= 11 is 0. The summed E-state index contributed by atoms with van der Waals surface area (Å²) in [6.07, 6.45) is 0. The SMILES string of the molecule is C=C(C)CNCc1ccc(F)c(C)c1. The molecule has 0 bridgehead atoms. The fourth-order valence-electron chi connectivity index (χ4n) is 1.24. The van der Waals surface area contributed by atoms with E-state index in [2.05, 4.69) is 11.9 Å². The van der Waals surface area contributed by atoms with Crippen molar-refractivity contribution in [1.29, 1.82) is 0 Å². The summed E-state index contributed by atoms with van der Waals surface area (Å²) in [5, 5.41) is 3.23. The molecule has 0 saturated carbocycles. The second kappa shape index (κ2) is 4.91. The van der Waals surface area contributed by atoms with Gasteiger partial charge in [-0.15, -0.1) is 0 Å². The quantitative estimate of drug-likeness (QED) is 0.725. The maximum Gasteiger partial charge on any atom is 0.126 e. The van der Waals surface area contributed by atoms with E-state index in [-0.39, 0.29) is 5.82 Å². The van der Waals surface area contributed by atoms with Gasteiger partial charge in [0.15, 0.2) is 0 Å². The van der Waals surface area contributed by atoms with Crippen molar-refractivity contribution in [1.82, 2.24) is 5.32 Å². The Labute approximate surface area is 84.6 Å². The van der Waals surface area contributed by atoms with Crippen LogP contribution in [0.25, 0.3) is 0 Å². The van der Waals surface area contributed by atoms with Crippen molar-refractivity contribution in [3.63, 3.8) is 0 Å². The molecule has 0 unspecified atom stereocenters. The molecule has 0 spiro atoms. The second-order valence-electron chi connectivity index (χ2n) is 3.64. The molecule has 1 N–H and O–H groups in total. The number of aryl methyl sites for hydroxylation is 1. The van der Waals surface area contributed by atoms with Gasteiger partial charge in [-0.05, 0) is 31.0 Å². The van der Waals surface area contributed by atoms with E-state index in [4.69, 9.17) is 0 Å². The summed E-state index contributed by atoms with van der Waals surface area (Å²) in [7, 11) is 0. The third-order valence-corrected chi connectivity index (χ3v) is 1.98. The molecule has 1 rings (SSSR count). The number of halogens is 1. The lowest BCUT2D eigenvalue weighted by Gasteiger charge is -2.05. The molecule has 0 aliphatic heterocycles. The molecule has 0 heterocycles. The van der Waals surface area contributed by atoms with Crippen LogP contribution >= 0.6 is 0 Å². The van der Waals surface area contributed by atoms with Crippen molar-refractivity contribution >= 4 is 0 Å². The van der Waals surface area contributed by atoms with E-state index in [1.807, 2.05) is 13.0 Å². The van der Waals surface area contributed by atoms with E-state index < -0.39 is 0 Å². The number of benzene rings is 1. The summed E-state index contributed by atoms with van der Waals surface area (Å²) < 4.78 is 12.9. The monoisotopic (exact) mass is 193 g/mol. The molecule has 0 radical (unpaired) electrons. The van der Waals surface area contributed by atoms with E-state index in [0.29, 0.717) is 5.56 Å². The van der Waals surface area contributed by atoms with Gasteiger partial charge in [-0.25, -0.2) is 4.39 Å². The van der Waals surface area contributed by atoms with E-state index in [0.717, 1.165) is 24.2 Å². The topological polar surface area (TPSA) is 12.0 Å². The van der Waals surface area contributed by atoms with Crippen LogP contribution in [0.1, 0.15) is 18.1 Å². The molecule has 0 fully saturated rings. The summed E-state index contributed by atoms with van der Waals surface area (Å²) in [5.41, 5.74) is 2.90. The minimum absolute atomic E-state index is 0.145. The van der Waals surface area contributed by atoms with Crippen molar-refractivity contribution in [2.45, 2.75) is 20.4 Å². The molecule has 1 aromatic rings. The molecule has 1 aromatic carbocycles. The Morgan fingerprint density at radius 1 is 1.50 bits per heavy atom. The smallest absolute Gasteiger partial charge is 0.126 e. The number of rotatable bonds is 4. The van der Waals surface area contributed by atoms with Crippen LogP contribution in [0.3, 0.4) is 0 Å². The molecule has 14 heavy (non-hydrogen) atoms. The van der Waals surface area contributed by atoms with Crippen molar-refractivity contribution in [2.75, 3.05) is 6.54 Å². The largest absolute Gasteiger partial charge is 0.309 e. The molecule has 2 heteroatoms. The third-order valence-electron chi connectivity index (χ3n) is 1.98. The average Bonchev–Trinajstić information content (AvgIpc) is 2.10. The molecule has 0 aliphatic rings. The highest BCUT2D eigenvalue weighted by molar-refractivity contribution is 5.23. The molecule has 1 nitrogen and oxygen atoms in total. The molecular weight excluding hydrogens is 177 g/mol. The Balaban J connectivity index is 2.51. The Hall–Kier alpha value is -1.15. The minimum atomic E-state index is -0.145. The van der Waals surface area contributed by atoms with Crippen molar-refractivity contribution < 1.29 is 4.39 Å². The van der Waals surface area contributed by atoms with Gasteiger partial charge in [-0.3, -0.25) is 0 Å². The lowest BCUT2D eigenvalue weighted by atomic mass is 10.1. The molecule has 0 amide bonds. The zero-order valence-electron chi connectivity index (χ0n) is 8.73. The van der Waals surface area contributed by atoms with Crippen LogP contribution in [0.15, 0.2) is 30.4 Å². The van der Waals surface area contributed by atoms with Gasteiger partial charge < -0.3 is 5.32 Å². The number of hydrogen-bond acceptors (Lipinski definition) is 1. The highest BCUT2D eigenvalue weighted by Gasteiger charge is 1.98. The molecule has 76 valence electrons. The highest BCUT2D eigenvalue weighted by Crippen LogP contribution is 2.08. The Morgan fingerprint density at radius 2 is 2.21 bits per heavy atom. The van der Waals surface area contributed by atoms with Gasteiger partial charge in [0.25, 0.3) is 0 Å². The van der Waals surface area contributed by atoms with Gasteiger partial charge in [0.2, 0.25) is 0 Å². The first-order valence-electron chi connectivity index (χ1n) is 4.69. The number of nitrogens with one attached hydrogen (secondary N) is 1. The summed E-state index contributed by atoms with van der Waals surface area (Å²) in [4.78, 5) is 0. The van der Waals surface area contributed by atoms with Gasteiger partial charge in [0.1, 0.15) is 5.82 Å². The highest BCUT2D eigenvalue weighted by atomic mass is 19.1. The van der Waals surface area contributed by atoms with Crippen molar-refractivity contribution in [3.8, 4) is 0 Å². The Morgan fingerprint density at radius 3 is 2.79 bits per heavy atom. The maximum absolute atomic E-state index is 12.9. The average molecular weight is 193 g/mol. The lowest BCUT2D eigenvalue weighted by molar-refractivity contribution is 0.616. The minimum Gasteiger partial charge on any atom is -0.309 e. The van der Waals surface area contributed by atoms with Crippen LogP contribution in [-0.2, 0) is 6.54 Å². The van der Waals surface area contributed by atoms with Gasteiger partial charge in [0, 0.05) is 13.1 Å². The standard InChI is InChI=1S/C12H16FN/c1-9(2)7-14-8-11-4-5-12(13)10(3)6-11/h4-6,14H,1,7-8H2,2-3H3. The van der Waals surface area contributed by atoms with E-state index in [9.17, 15) is 4.39 Å². The summed E-state index contributed by atoms with van der Waals surface area (Å²) in [5.74, 6) is -0.145. The first-order valence-corrected chi connectivity index (χ1v) is 4.69. The van der Waals surface area contributed by atoms with Crippen molar-refractivity contribution in [3.05, 3.63) is 47.3 Å². The zero-order chi connectivity index (χ0) is 10.6. The van der Waals surface area contributed by atoms with Gasteiger partial charge in [-0.2, -0.15) is 0 Å². The molecule has 0 saturated heterocycles. The molecule has 0 aliphatic carbocycles. The Bertz CT molecular complexity index is 331. The first kappa shape index (κ1) is 10.9. The lowest BCUT2D eigenvalue weighted by Crippen LogP contribution is -2.15. The maximum atomic E-state index is 12.9. The van der Waals surface area contributed by atoms with Gasteiger partial charge in [0.05, 0.1) is 0 Å². The van der Waals surface area contributed by atoms with Crippen LogP contribution in [0, 0.1) is 12.7 Å². The van der Waals surface area contributed by atoms with Crippen LogP contribution < -0.4 is 5.32 Å². The van der Waals surface area contributed by atoms with E-state index >= 15 is 0 Å². The third kappa shape index (κ3) is 3.30. The predicted octanol–water partition coefficient (Wildman–Crippen LogP) is 2.80. The van der Waals surface area contributed by atoms with Crippen LogP contribution in [0.4, 0.5) is 4.39 Å². The zero-order valence-corrected chi connectivity index (χ0v) is 8.73. The fourth-order valence-corrected chi connectivity index (χ4v) is 1.24. The molecule has 0 atom stereocenters. The van der Waals surface area contributed by atoms with Crippen LogP contribution in [0.5, 0.6) is 0 Å². The van der Waals surface area contributed by atoms with Gasteiger partial charge in [-0.1, -0.05) is 24.3 Å². The van der Waals surface area contributed by atoms with Crippen LogP contribution in [0.2, 0.25) is 0 Å². The van der Waals surface area contributed by atoms with E-state index in [1.54, 1.807) is 13.0 Å². The first-order chi connectivity index (χ1) is 6.59.